The van der Waals surface area contributed by atoms with Crippen molar-refractivity contribution in [3.05, 3.63) is 123 Å². The molecule has 0 atom stereocenters. The first-order valence-corrected chi connectivity index (χ1v) is 20.2. The Labute approximate surface area is 337 Å². The Morgan fingerprint density at radius 2 is 1.30 bits per heavy atom. The smallest absolute Gasteiger partial charge is 0.197 e. The van der Waals surface area contributed by atoms with E-state index >= 15 is 0 Å². The zero-order valence-corrected chi connectivity index (χ0v) is 33.1. The van der Waals surface area contributed by atoms with Crippen LogP contribution >= 0.6 is 12.6 Å². The van der Waals surface area contributed by atoms with E-state index in [0.717, 1.165) is 77.1 Å². The summed E-state index contributed by atoms with van der Waals surface area (Å²) in [6, 6.07) is 20.8. The molecule has 11 nitrogen and oxygen atoms in total. The molecule has 4 aliphatic heterocycles. The lowest BCUT2D eigenvalue weighted by Gasteiger charge is -2.29. The molecule has 2 fully saturated rings. The minimum Gasteiger partial charge on any atom is -0.446 e. The summed E-state index contributed by atoms with van der Waals surface area (Å²) >= 11 is 4.40. The topological polar surface area (TPSA) is 131 Å². The molecule has 0 spiro atoms. The monoisotopic (exact) mass is 775 g/mol. The van der Waals surface area contributed by atoms with Crippen molar-refractivity contribution in [2.45, 2.75) is 52.4 Å². The zero-order valence-electron chi connectivity index (χ0n) is 32.2. The fourth-order valence-electron chi connectivity index (χ4n) is 7.89. The number of piperidine rings is 2. The zero-order chi connectivity index (χ0) is 38.9. The van der Waals surface area contributed by atoms with Gasteiger partial charge in [-0.15, -0.1) is 0 Å². The van der Waals surface area contributed by atoms with E-state index in [1.165, 1.54) is 50.1 Å². The molecule has 5 aromatic rings. The second kappa shape index (κ2) is 15.8. The Bertz CT molecular complexity index is 2620. The van der Waals surface area contributed by atoms with Crippen LogP contribution in [0.1, 0.15) is 67.0 Å². The Kier molecular flexibility index (Phi) is 10.1. The van der Waals surface area contributed by atoms with Gasteiger partial charge in [0.15, 0.2) is 28.9 Å². The molecule has 0 radical (unpaired) electrons. The van der Waals surface area contributed by atoms with Gasteiger partial charge in [-0.25, -0.2) is 20.0 Å². The Morgan fingerprint density at radius 1 is 0.702 bits per heavy atom. The van der Waals surface area contributed by atoms with E-state index in [9.17, 15) is 0 Å². The molecule has 2 aromatic carbocycles. The van der Waals surface area contributed by atoms with Crippen LogP contribution in [-0.4, -0.2) is 48.1 Å². The van der Waals surface area contributed by atoms with Crippen LogP contribution in [0.3, 0.4) is 0 Å². The second-order valence-corrected chi connectivity index (χ2v) is 15.1. The Hall–Kier alpha value is -6.14. The first-order chi connectivity index (χ1) is 27.9. The molecule has 12 heteroatoms. The van der Waals surface area contributed by atoms with Crippen molar-refractivity contribution in [3.8, 4) is 0 Å². The highest BCUT2D eigenvalue weighted by atomic mass is 32.1. The summed E-state index contributed by atoms with van der Waals surface area (Å²) in [5, 5.41) is 17.5. The fourth-order valence-corrected chi connectivity index (χ4v) is 8.08. The molecular weight excluding hydrogens is 731 g/mol. The van der Waals surface area contributed by atoms with Crippen molar-refractivity contribution >= 4 is 82.2 Å². The quantitative estimate of drug-likeness (QED) is 0.0817. The lowest BCUT2D eigenvalue weighted by atomic mass is 10.0. The lowest BCUT2D eigenvalue weighted by Crippen LogP contribution is -2.31. The number of nitrogens with zero attached hydrogens (tertiary/aromatic N) is 6. The average Bonchev–Trinajstić information content (AvgIpc) is 3.73. The first-order valence-electron chi connectivity index (χ1n) is 19.7. The largest absolute Gasteiger partial charge is 0.446 e. The van der Waals surface area contributed by atoms with Gasteiger partial charge in [-0.05, 0) is 130 Å². The maximum atomic E-state index is 8.13. The summed E-state index contributed by atoms with van der Waals surface area (Å²) < 4.78 is 12.0. The number of fused-ring (bicyclic) bond motifs is 1. The summed E-state index contributed by atoms with van der Waals surface area (Å²) in [4.78, 5) is 25.2. The molecule has 0 saturated carbocycles. The van der Waals surface area contributed by atoms with E-state index in [2.05, 4.69) is 81.6 Å². The van der Waals surface area contributed by atoms with Gasteiger partial charge in [-0.3, -0.25) is 0 Å². The number of rotatable bonds is 10. The Balaban J connectivity index is 1.22. The standard InChI is InChI=1S/C45H45N9O2S/c1-28-9-15-41(55-28)47-39-24-32(53-17-5-3-6-18-53)11-13-34(39)37-22-30-21-36-44(49-37)51-43(31(26-46)27-57)52-45(36)50-38(23-30)35-14-12-33(54-19-7-4-8-20-54)25-40(35)48-42-16-10-29(2)56-42/h9-16,21-27,46-48,57H,3-8,17-20H2,1-2H3/b31-27+,46-26?. The third-order valence-corrected chi connectivity index (χ3v) is 11.1. The molecule has 9 rings (SSSR count). The van der Waals surface area contributed by atoms with Crippen LogP contribution in [-0.2, 0) is 0 Å². The number of anilines is 6. The van der Waals surface area contributed by atoms with Crippen molar-refractivity contribution in [1.29, 1.82) is 5.41 Å². The summed E-state index contributed by atoms with van der Waals surface area (Å²) in [6.45, 7) is 7.97. The van der Waals surface area contributed by atoms with E-state index in [4.69, 9.17) is 34.2 Å². The number of allylic oxidation sites excluding steroid dienone is 4. The van der Waals surface area contributed by atoms with E-state index < -0.39 is 0 Å². The number of furan rings is 2. The van der Waals surface area contributed by atoms with Gasteiger partial charge in [0.2, 0.25) is 0 Å². The number of hydrogen-bond donors (Lipinski definition) is 4. The molecule has 0 amide bonds. The van der Waals surface area contributed by atoms with Crippen molar-refractivity contribution in [2.24, 2.45) is 9.98 Å². The molecule has 288 valence electrons. The van der Waals surface area contributed by atoms with Gasteiger partial charge in [0.05, 0.1) is 28.0 Å². The minimum atomic E-state index is 0.313. The number of thiol groups is 1. The number of aliphatic imine (C=N–C) groups is 1. The fraction of sp³-hybridized carbons (Fsp3) is 0.267. The van der Waals surface area contributed by atoms with Gasteiger partial charge < -0.3 is 34.7 Å². The van der Waals surface area contributed by atoms with Gasteiger partial charge in [0, 0.05) is 72.6 Å². The van der Waals surface area contributed by atoms with Crippen LogP contribution < -0.4 is 31.1 Å². The lowest BCUT2D eigenvalue weighted by molar-refractivity contribution is 0.550. The minimum absolute atomic E-state index is 0.313. The van der Waals surface area contributed by atoms with Gasteiger partial charge in [-0.2, -0.15) is 12.6 Å². The van der Waals surface area contributed by atoms with E-state index in [1.807, 2.05) is 44.2 Å². The molecule has 2 bridgehead atoms. The van der Waals surface area contributed by atoms with Crippen molar-refractivity contribution in [2.75, 3.05) is 46.6 Å². The van der Waals surface area contributed by atoms with Gasteiger partial charge >= 0.3 is 0 Å². The van der Waals surface area contributed by atoms with E-state index in [1.54, 1.807) is 0 Å². The molecular formula is C45H45N9O2S. The Morgan fingerprint density at radius 3 is 1.86 bits per heavy atom. The molecule has 3 N–H and O–H groups in total. The van der Waals surface area contributed by atoms with Crippen LogP contribution in [0.25, 0.3) is 17.3 Å². The second-order valence-electron chi connectivity index (χ2n) is 14.9. The molecule has 4 aliphatic rings. The predicted octanol–water partition coefficient (Wildman–Crippen LogP) is 9.18. The maximum absolute atomic E-state index is 8.13. The molecule has 3 aromatic heterocycles. The number of aryl methyl sites for hydroxylation is 2. The molecule has 57 heavy (non-hydrogen) atoms. The maximum Gasteiger partial charge on any atom is 0.197 e. The van der Waals surface area contributed by atoms with Crippen LogP contribution in [0.5, 0.6) is 0 Å². The van der Waals surface area contributed by atoms with Crippen LogP contribution in [0.15, 0.2) is 103 Å². The van der Waals surface area contributed by atoms with Crippen LogP contribution in [0, 0.1) is 19.3 Å². The molecule has 7 heterocycles. The number of hydrogen-bond acceptors (Lipinski definition) is 12. The first kappa shape index (κ1) is 36.5. The van der Waals surface area contributed by atoms with Gasteiger partial charge in [0.1, 0.15) is 11.5 Å². The van der Waals surface area contributed by atoms with Crippen molar-refractivity contribution in [1.82, 2.24) is 9.97 Å². The summed E-state index contributed by atoms with van der Waals surface area (Å²) in [5.74, 6) is 3.71. The van der Waals surface area contributed by atoms with E-state index in [-0.39, 0.29) is 0 Å². The summed E-state index contributed by atoms with van der Waals surface area (Å²) in [5.41, 5.74) is 9.01. The normalized spacial score (nSPS) is 16.7. The molecule has 2 saturated heterocycles. The third-order valence-electron chi connectivity index (χ3n) is 10.8. The van der Waals surface area contributed by atoms with Crippen molar-refractivity contribution < 1.29 is 8.83 Å². The number of aromatic nitrogens is 2. The van der Waals surface area contributed by atoms with Crippen LogP contribution in [0.2, 0.25) is 0 Å². The SMILES string of the molecule is Cc1ccc(Nc2cc(N3CCCCC3)ccc2C2=CC3=CC(c4ccc(N5CCCCC5)cc4Nc4ccc(C)o4)=Nc4nc(/C(C=N)=C/S)nc(c4=C3)=N2)o1. The summed E-state index contributed by atoms with van der Waals surface area (Å²) in [6.07, 6.45) is 14.6. The number of benzene rings is 2. The molecule has 0 aliphatic carbocycles. The van der Waals surface area contributed by atoms with Gasteiger partial charge in [-0.1, -0.05) is 0 Å². The number of nitrogens with one attached hydrogen (secondary N) is 3. The van der Waals surface area contributed by atoms with Gasteiger partial charge in [0.25, 0.3) is 0 Å². The predicted molar refractivity (Wildman–Crippen MR) is 234 cm³/mol. The van der Waals surface area contributed by atoms with E-state index in [0.29, 0.717) is 51.1 Å². The highest BCUT2D eigenvalue weighted by Crippen LogP contribution is 2.36. The summed E-state index contributed by atoms with van der Waals surface area (Å²) in [7, 11) is 0. The average molecular weight is 776 g/mol. The highest BCUT2D eigenvalue weighted by molar-refractivity contribution is 7.83. The highest BCUT2D eigenvalue weighted by Gasteiger charge is 2.22. The third kappa shape index (κ3) is 7.69. The van der Waals surface area contributed by atoms with Crippen LogP contribution in [0.4, 0.5) is 40.3 Å². The van der Waals surface area contributed by atoms with Crippen molar-refractivity contribution in [3.63, 3.8) is 0 Å². The molecule has 0 unspecified atom stereocenters.